The Hall–Kier alpha value is -2.15. The predicted octanol–water partition coefficient (Wildman–Crippen LogP) is 1.87. The van der Waals surface area contributed by atoms with Crippen molar-refractivity contribution in [2.45, 2.75) is 6.54 Å². The number of hydrogen-bond donors (Lipinski definition) is 2. The van der Waals surface area contributed by atoms with Gasteiger partial charge in [-0.05, 0) is 22.4 Å². The van der Waals surface area contributed by atoms with Gasteiger partial charge in [-0.2, -0.15) is 0 Å². The summed E-state index contributed by atoms with van der Waals surface area (Å²) in [7, 11) is 0. The highest BCUT2D eigenvalue weighted by molar-refractivity contribution is 7.09. The maximum atomic E-state index is 5.76. The number of nitrogens with zero attached hydrogens (tertiary/aromatic N) is 3. The zero-order chi connectivity index (χ0) is 11.7. The molecule has 86 valence electrons. The molecule has 0 amide bonds. The van der Waals surface area contributed by atoms with Gasteiger partial charge in [0.2, 0.25) is 0 Å². The van der Waals surface area contributed by atoms with Gasteiger partial charge in [-0.1, -0.05) is 0 Å². The van der Waals surface area contributed by atoms with Crippen molar-refractivity contribution >= 4 is 33.7 Å². The monoisotopic (exact) mass is 247 g/mol. The Morgan fingerprint density at radius 2 is 2.18 bits per heavy atom. The zero-order valence-electron chi connectivity index (χ0n) is 8.75. The Balaban J connectivity index is 1.90. The highest BCUT2D eigenvalue weighted by atomic mass is 32.1. The second-order valence-corrected chi connectivity index (χ2v) is 4.46. The van der Waals surface area contributed by atoms with E-state index in [0.717, 1.165) is 10.6 Å². The van der Waals surface area contributed by atoms with Crippen LogP contribution in [0.5, 0.6) is 0 Å². The molecule has 3 N–H and O–H groups in total. The minimum absolute atomic E-state index is 0.560. The lowest BCUT2D eigenvalue weighted by atomic mass is 10.2. The summed E-state index contributed by atoms with van der Waals surface area (Å²) in [6.45, 7) is 0.691. The van der Waals surface area contributed by atoms with E-state index in [9.17, 15) is 0 Å². The van der Waals surface area contributed by atoms with Crippen molar-refractivity contribution in [2.24, 2.45) is 0 Å². The topological polar surface area (TPSA) is 89.9 Å². The third kappa shape index (κ3) is 1.80. The summed E-state index contributed by atoms with van der Waals surface area (Å²) in [5.41, 5.74) is 10.2. The molecule has 2 heterocycles. The summed E-state index contributed by atoms with van der Waals surface area (Å²) in [5, 5.41) is 10.9. The van der Waals surface area contributed by atoms with Crippen LogP contribution >= 0.6 is 11.3 Å². The van der Waals surface area contributed by atoms with Crippen LogP contribution in [-0.2, 0) is 6.54 Å². The number of fused-ring (bicyclic) bond motifs is 1. The maximum absolute atomic E-state index is 5.76. The van der Waals surface area contributed by atoms with E-state index < -0.39 is 0 Å². The Labute approximate surface area is 100 Å². The second-order valence-electron chi connectivity index (χ2n) is 3.49. The number of hydrogen-bond acceptors (Lipinski definition) is 7. The van der Waals surface area contributed by atoms with Crippen molar-refractivity contribution in [3.05, 3.63) is 28.7 Å². The van der Waals surface area contributed by atoms with Gasteiger partial charge < -0.3 is 11.1 Å². The molecule has 0 radical (unpaired) electrons. The van der Waals surface area contributed by atoms with Crippen molar-refractivity contribution in [3.63, 3.8) is 0 Å². The normalized spacial score (nSPS) is 10.8. The summed E-state index contributed by atoms with van der Waals surface area (Å²) in [6.07, 6.45) is 1.83. The highest BCUT2D eigenvalue weighted by Gasteiger charge is 2.09. The van der Waals surface area contributed by atoms with Crippen LogP contribution in [-0.4, -0.2) is 15.3 Å². The lowest BCUT2D eigenvalue weighted by molar-refractivity contribution is 0.316. The van der Waals surface area contributed by atoms with Gasteiger partial charge in [0.1, 0.15) is 0 Å². The molecular weight excluding hydrogens is 238 g/mol. The van der Waals surface area contributed by atoms with Crippen LogP contribution in [0.25, 0.3) is 11.0 Å². The molecule has 0 aliphatic heterocycles. The number of nitrogens with one attached hydrogen (secondary N) is 1. The van der Waals surface area contributed by atoms with Crippen LogP contribution in [0.3, 0.4) is 0 Å². The van der Waals surface area contributed by atoms with Crippen molar-refractivity contribution in [1.82, 2.24) is 15.3 Å². The Kier molecular flexibility index (Phi) is 2.37. The van der Waals surface area contributed by atoms with Crippen LogP contribution < -0.4 is 11.1 Å². The average molecular weight is 247 g/mol. The van der Waals surface area contributed by atoms with Crippen molar-refractivity contribution < 1.29 is 4.63 Å². The molecule has 17 heavy (non-hydrogen) atoms. The quantitative estimate of drug-likeness (QED) is 0.687. The van der Waals surface area contributed by atoms with Crippen molar-refractivity contribution in [1.29, 1.82) is 0 Å². The molecule has 0 unspecified atom stereocenters. The summed E-state index contributed by atoms with van der Waals surface area (Å²) in [5.74, 6) is 0. The van der Waals surface area contributed by atoms with Gasteiger partial charge in [-0.15, -0.1) is 11.3 Å². The third-order valence-corrected chi connectivity index (χ3v) is 3.16. The molecule has 0 spiro atoms. The molecule has 1 aromatic carbocycles. The van der Waals surface area contributed by atoms with Gasteiger partial charge in [-0.25, -0.2) is 4.63 Å². The number of thiazole rings is 1. The van der Waals surface area contributed by atoms with E-state index in [-0.39, 0.29) is 0 Å². The van der Waals surface area contributed by atoms with E-state index in [1.165, 1.54) is 0 Å². The fourth-order valence-electron chi connectivity index (χ4n) is 1.54. The van der Waals surface area contributed by atoms with E-state index in [2.05, 4.69) is 20.6 Å². The lowest BCUT2D eigenvalue weighted by Crippen LogP contribution is -1.99. The van der Waals surface area contributed by atoms with Gasteiger partial charge in [0.05, 0.1) is 23.4 Å². The average Bonchev–Trinajstić information content (AvgIpc) is 2.99. The van der Waals surface area contributed by atoms with Crippen molar-refractivity contribution in [2.75, 3.05) is 11.1 Å². The van der Waals surface area contributed by atoms with E-state index >= 15 is 0 Å². The predicted molar refractivity (Wildman–Crippen MR) is 65.7 cm³/mol. The smallest absolute Gasteiger partial charge is 0.160 e. The van der Waals surface area contributed by atoms with Crippen LogP contribution in [0.15, 0.2) is 28.5 Å². The van der Waals surface area contributed by atoms with Gasteiger partial charge in [0.25, 0.3) is 0 Å². The molecular formula is C10H9N5OS. The molecule has 2 aromatic heterocycles. The van der Waals surface area contributed by atoms with Crippen LogP contribution in [0.1, 0.15) is 4.88 Å². The minimum Gasteiger partial charge on any atom is -0.397 e. The molecule has 0 aliphatic rings. The first kappa shape index (κ1) is 10.0. The van der Waals surface area contributed by atoms with Crippen LogP contribution in [0, 0.1) is 0 Å². The van der Waals surface area contributed by atoms with Crippen LogP contribution in [0.4, 0.5) is 11.4 Å². The molecule has 3 rings (SSSR count). The van der Waals surface area contributed by atoms with Gasteiger partial charge in [0, 0.05) is 11.1 Å². The summed E-state index contributed by atoms with van der Waals surface area (Å²) in [4.78, 5) is 5.16. The number of nitrogens with two attached hydrogens (primary N) is 1. The molecule has 0 bridgehead atoms. The summed E-state index contributed by atoms with van der Waals surface area (Å²) >= 11 is 1.59. The first-order chi connectivity index (χ1) is 8.34. The first-order valence-corrected chi connectivity index (χ1v) is 5.84. The second kappa shape index (κ2) is 4.02. The molecule has 0 fully saturated rings. The molecule has 0 saturated carbocycles. The number of aromatic nitrogens is 3. The number of benzene rings is 1. The molecule has 7 heteroatoms. The number of rotatable bonds is 3. The number of anilines is 2. The summed E-state index contributed by atoms with van der Waals surface area (Å²) < 4.78 is 4.69. The minimum atomic E-state index is 0.560. The van der Waals surface area contributed by atoms with E-state index in [4.69, 9.17) is 10.4 Å². The molecule has 0 atom stereocenters. The zero-order valence-corrected chi connectivity index (χ0v) is 9.57. The van der Waals surface area contributed by atoms with Gasteiger partial charge >= 0.3 is 0 Å². The van der Waals surface area contributed by atoms with Crippen molar-refractivity contribution in [3.8, 4) is 0 Å². The van der Waals surface area contributed by atoms with Crippen LogP contribution in [0.2, 0.25) is 0 Å². The fraction of sp³-hybridized carbons (Fsp3) is 0.100. The Bertz CT molecular complexity index is 633. The molecule has 0 aliphatic carbocycles. The van der Waals surface area contributed by atoms with Gasteiger partial charge in [-0.3, -0.25) is 4.98 Å². The molecule has 3 aromatic rings. The largest absolute Gasteiger partial charge is 0.397 e. The summed E-state index contributed by atoms with van der Waals surface area (Å²) in [6, 6.07) is 3.64. The van der Waals surface area contributed by atoms with E-state index in [1.807, 2.05) is 12.3 Å². The fourth-order valence-corrected chi connectivity index (χ4v) is 2.07. The lowest BCUT2D eigenvalue weighted by Gasteiger charge is -2.04. The first-order valence-electron chi connectivity index (χ1n) is 4.96. The molecule has 6 nitrogen and oxygen atoms in total. The highest BCUT2D eigenvalue weighted by Crippen LogP contribution is 2.25. The standard InChI is InChI=1S/C10H9N5OS/c11-7-1-2-8(10-9(7)14-16-15-10)13-4-6-3-12-5-17-6/h1-3,5,13H,4,11H2. The Morgan fingerprint density at radius 1 is 1.29 bits per heavy atom. The maximum Gasteiger partial charge on any atom is 0.160 e. The van der Waals surface area contributed by atoms with Gasteiger partial charge in [0.15, 0.2) is 11.0 Å². The van der Waals surface area contributed by atoms with E-state index in [1.54, 1.807) is 22.9 Å². The third-order valence-electron chi connectivity index (χ3n) is 2.38. The SMILES string of the molecule is Nc1ccc(NCc2cncs2)c2nonc12. The number of nitrogen functional groups attached to an aromatic ring is 1. The Morgan fingerprint density at radius 3 is 3.00 bits per heavy atom. The molecule has 0 saturated heterocycles. The van der Waals surface area contributed by atoms with E-state index in [0.29, 0.717) is 23.3 Å².